The standard InChI is InChI=1S/C12H12ClN3O3/c1-7-3-10(11(19-2)5-9(7)13)16-8(4-12(17)18)6-14-15-16/h3,5-6H,4H2,1-2H3,(H,17,18). The molecule has 1 N–H and O–H groups in total. The summed E-state index contributed by atoms with van der Waals surface area (Å²) in [5.41, 5.74) is 1.92. The number of aryl methyl sites for hydroxylation is 1. The number of aromatic nitrogens is 3. The number of ether oxygens (including phenoxy) is 1. The van der Waals surface area contributed by atoms with Crippen molar-refractivity contribution < 1.29 is 14.6 Å². The summed E-state index contributed by atoms with van der Waals surface area (Å²) in [6, 6.07) is 3.44. The second-order valence-electron chi connectivity index (χ2n) is 3.98. The van der Waals surface area contributed by atoms with Crippen LogP contribution in [0.2, 0.25) is 5.02 Å². The summed E-state index contributed by atoms with van der Waals surface area (Å²) in [4.78, 5) is 10.8. The van der Waals surface area contributed by atoms with E-state index in [1.54, 1.807) is 12.1 Å². The fraction of sp³-hybridized carbons (Fsp3) is 0.250. The van der Waals surface area contributed by atoms with Gasteiger partial charge in [0.2, 0.25) is 0 Å². The van der Waals surface area contributed by atoms with Gasteiger partial charge in [0.1, 0.15) is 11.4 Å². The Kier molecular flexibility index (Phi) is 3.71. The first kappa shape index (κ1) is 13.4. The van der Waals surface area contributed by atoms with Crippen LogP contribution in [0.4, 0.5) is 0 Å². The minimum absolute atomic E-state index is 0.169. The maximum Gasteiger partial charge on any atom is 0.309 e. The zero-order valence-electron chi connectivity index (χ0n) is 10.4. The normalized spacial score (nSPS) is 10.5. The number of aliphatic carboxylic acids is 1. The summed E-state index contributed by atoms with van der Waals surface area (Å²) >= 11 is 6.03. The fourth-order valence-electron chi connectivity index (χ4n) is 1.71. The predicted molar refractivity (Wildman–Crippen MR) is 69.0 cm³/mol. The van der Waals surface area contributed by atoms with E-state index in [4.69, 9.17) is 21.4 Å². The van der Waals surface area contributed by atoms with Crippen LogP contribution in [0.1, 0.15) is 11.3 Å². The summed E-state index contributed by atoms with van der Waals surface area (Å²) in [6.45, 7) is 1.85. The summed E-state index contributed by atoms with van der Waals surface area (Å²) in [6.07, 6.45) is 1.25. The van der Waals surface area contributed by atoms with Crippen molar-refractivity contribution in [2.75, 3.05) is 7.11 Å². The topological polar surface area (TPSA) is 77.2 Å². The number of hydrogen-bond acceptors (Lipinski definition) is 4. The van der Waals surface area contributed by atoms with Gasteiger partial charge in [0.05, 0.1) is 25.4 Å². The molecule has 0 aliphatic carbocycles. The molecule has 0 aliphatic heterocycles. The molecule has 6 nitrogen and oxygen atoms in total. The monoisotopic (exact) mass is 281 g/mol. The molecular weight excluding hydrogens is 270 g/mol. The molecule has 0 saturated carbocycles. The van der Waals surface area contributed by atoms with Crippen LogP contribution in [0.3, 0.4) is 0 Å². The number of halogens is 1. The summed E-state index contributed by atoms with van der Waals surface area (Å²) in [5.74, 6) is -0.444. The molecule has 0 spiro atoms. The lowest BCUT2D eigenvalue weighted by molar-refractivity contribution is -0.136. The van der Waals surface area contributed by atoms with Gasteiger partial charge in [0, 0.05) is 11.1 Å². The lowest BCUT2D eigenvalue weighted by atomic mass is 10.2. The van der Waals surface area contributed by atoms with Crippen molar-refractivity contribution in [3.05, 3.63) is 34.6 Å². The van der Waals surface area contributed by atoms with Crippen molar-refractivity contribution in [2.45, 2.75) is 13.3 Å². The number of nitrogens with zero attached hydrogens (tertiary/aromatic N) is 3. The molecule has 7 heteroatoms. The molecule has 1 aromatic carbocycles. The van der Waals surface area contributed by atoms with Crippen LogP contribution in [-0.2, 0) is 11.2 Å². The van der Waals surface area contributed by atoms with Crippen LogP contribution < -0.4 is 4.74 Å². The lowest BCUT2D eigenvalue weighted by Gasteiger charge is -2.12. The molecule has 19 heavy (non-hydrogen) atoms. The Morgan fingerprint density at radius 1 is 1.53 bits per heavy atom. The number of methoxy groups -OCH3 is 1. The highest BCUT2D eigenvalue weighted by Crippen LogP contribution is 2.29. The third-order valence-electron chi connectivity index (χ3n) is 2.64. The minimum atomic E-state index is -0.951. The zero-order valence-corrected chi connectivity index (χ0v) is 11.2. The van der Waals surface area contributed by atoms with Gasteiger partial charge >= 0.3 is 5.97 Å². The molecule has 1 aromatic heterocycles. The minimum Gasteiger partial charge on any atom is -0.494 e. The van der Waals surface area contributed by atoms with E-state index < -0.39 is 5.97 Å². The predicted octanol–water partition coefficient (Wildman–Crippen LogP) is 1.86. The first-order valence-electron chi connectivity index (χ1n) is 5.48. The summed E-state index contributed by atoms with van der Waals surface area (Å²) in [7, 11) is 1.51. The molecule has 0 saturated heterocycles. The molecule has 0 radical (unpaired) electrons. The van der Waals surface area contributed by atoms with Gasteiger partial charge in [-0.2, -0.15) is 0 Å². The maximum absolute atomic E-state index is 10.8. The lowest BCUT2D eigenvalue weighted by Crippen LogP contribution is -2.09. The van der Waals surface area contributed by atoms with Crippen molar-refractivity contribution in [1.82, 2.24) is 15.0 Å². The van der Waals surface area contributed by atoms with E-state index in [-0.39, 0.29) is 6.42 Å². The molecular formula is C12H12ClN3O3. The highest BCUT2D eigenvalue weighted by molar-refractivity contribution is 6.31. The van der Waals surface area contributed by atoms with E-state index in [2.05, 4.69) is 10.3 Å². The molecule has 2 rings (SSSR count). The highest BCUT2D eigenvalue weighted by atomic mass is 35.5. The van der Waals surface area contributed by atoms with Gasteiger partial charge in [-0.25, -0.2) is 4.68 Å². The van der Waals surface area contributed by atoms with Gasteiger partial charge in [0.15, 0.2) is 0 Å². The number of carboxylic acid groups (broad SMARTS) is 1. The van der Waals surface area contributed by atoms with Crippen molar-refractivity contribution in [3.63, 3.8) is 0 Å². The van der Waals surface area contributed by atoms with Crippen LogP contribution in [0, 0.1) is 6.92 Å². The Balaban J connectivity index is 2.55. The molecule has 0 fully saturated rings. The first-order chi connectivity index (χ1) is 9.02. The number of carbonyl (C=O) groups is 1. The van der Waals surface area contributed by atoms with Crippen LogP contribution in [0.5, 0.6) is 5.75 Å². The Bertz CT molecular complexity index is 625. The Morgan fingerprint density at radius 3 is 2.89 bits per heavy atom. The Labute approximate surface area is 114 Å². The number of benzene rings is 1. The van der Waals surface area contributed by atoms with Crippen molar-refractivity contribution in [1.29, 1.82) is 0 Å². The Morgan fingerprint density at radius 2 is 2.26 bits per heavy atom. The van der Waals surface area contributed by atoms with Gasteiger partial charge in [-0.1, -0.05) is 16.8 Å². The van der Waals surface area contributed by atoms with Crippen LogP contribution in [0.25, 0.3) is 5.69 Å². The quantitative estimate of drug-likeness (QED) is 0.925. The smallest absolute Gasteiger partial charge is 0.309 e. The van der Waals surface area contributed by atoms with Crippen LogP contribution in [-0.4, -0.2) is 33.2 Å². The maximum atomic E-state index is 10.8. The van der Waals surface area contributed by atoms with Crippen molar-refractivity contribution in [2.24, 2.45) is 0 Å². The molecule has 1 heterocycles. The van der Waals surface area contributed by atoms with Gasteiger partial charge in [-0.15, -0.1) is 5.10 Å². The van der Waals surface area contributed by atoms with Crippen molar-refractivity contribution in [3.8, 4) is 11.4 Å². The number of rotatable bonds is 4. The second-order valence-corrected chi connectivity index (χ2v) is 4.39. The molecule has 100 valence electrons. The molecule has 2 aromatic rings. The number of hydrogen-bond donors (Lipinski definition) is 1. The zero-order chi connectivity index (χ0) is 14.0. The van der Waals surface area contributed by atoms with E-state index >= 15 is 0 Å². The largest absolute Gasteiger partial charge is 0.494 e. The average molecular weight is 282 g/mol. The summed E-state index contributed by atoms with van der Waals surface area (Å²) in [5, 5.41) is 17.1. The third-order valence-corrected chi connectivity index (χ3v) is 3.05. The van der Waals surface area contributed by atoms with E-state index in [1.165, 1.54) is 18.0 Å². The van der Waals surface area contributed by atoms with Gasteiger partial charge in [-0.05, 0) is 18.6 Å². The average Bonchev–Trinajstić information content (AvgIpc) is 2.79. The van der Waals surface area contributed by atoms with E-state index in [1.807, 2.05) is 6.92 Å². The molecule has 0 atom stereocenters. The molecule has 0 amide bonds. The Hall–Kier alpha value is -2.08. The molecule has 0 aliphatic rings. The van der Waals surface area contributed by atoms with Gasteiger partial charge in [0.25, 0.3) is 0 Å². The van der Waals surface area contributed by atoms with Crippen molar-refractivity contribution >= 4 is 17.6 Å². The second kappa shape index (κ2) is 5.27. The van der Waals surface area contributed by atoms with E-state index in [9.17, 15) is 4.79 Å². The fourth-order valence-corrected chi connectivity index (χ4v) is 1.87. The molecule has 0 unspecified atom stereocenters. The van der Waals surface area contributed by atoms with Gasteiger partial charge < -0.3 is 9.84 Å². The van der Waals surface area contributed by atoms with Gasteiger partial charge in [-0.3, -0.25) is 4.79 Å². The van der Waals surface area contributed by atoms with E-state index in [0.717, 1.165) is 5.56 Å². The highest BCUT2D eigenvalue weighted by Gasteiger charge is 2.15. The van der Waals surface area contributed by atoms with Crippen LogP contribution >= 0.6 is 11.6 Å². The van der Waals surface area contributed by atoms with E-state index in [0.29, 0.717) is 22.2 Å². The first-order valence-corrected chi connectivity index (χ1v) is 5.86. The summed E-state index contributed by atoms with van der Waals surface area (Å²) < 4.78 is 6.69. The van der Waals surface area contributed by atoms with Crippen LogP contribution in [0.15, 0.2) is 18.3 Å². The number of carboxylic acids is 1. The SMILES string of the molecule is COc1cc(Cl)c(C)cc1-n1nncc1CC(=O)O. The molecule has 0 bridgehead atoms. The third kappa shape index (κ3) is 2.68.